The Hall–Kier alpha value is -1.68. The van der Waals surface area contributed by atoms with Crippen LogP contribution in [0.4, 0.5) is 0 Å². The van der Waals surface area contributed by atoms with E-state index in [0.29, 0.717) is 13.0 Å². The average Bonchev–Trinajstić information content (AvgIpc) is 2.82. The van der Waals surface area contributed by atoms with E-state index >= 15 is 0 Å². The van der Waals surface area contributed by atoms with Gasteiger partial charge in [-0.05, 0) is 30.9 Å². The average molecular weight is 301 g/mol. The normalized spacial score (nSPS) is 16.6. The molecule has 0 fully saturated rings. The molecule has 0 aliphatic heterocycles. The maximum absolute atomic E-state index is 12.3. The molecular formula is C17H19NO2S. The number of nitrogens with zero attached hydrogens (tertiary/aromatic N) is 1. The quantitative estimate of drug-likeness (QED) is 0.845. The molecule has 3 nitrogen and oxygen atoms in total. The third-order valence-corrected chi connectivity index (χ3v) is 4.82. The number of fused-ring (bicyclic) bond motifs is 1. The molecule has 0 bridgehead atoms. The number of hydrogen-bond acceptors (Lipinski definition) is 4. The summed E-state index contributed by atoms with van der Waals surface area (Å²) in [6.45, 7) is 6.84. The first kappa shape index (κ1) is 14.3. The number of carbonyl (C=O) groups is 1. The van der Waals surface area contributed by atoms with Crippen molar-refractivity contribution in [1.29, 1.82) is 0 Å². The summed E-state index contributed by atoms with van der Waals surface area (Å²) in [6, 6.07) is 7.89. The van der Waals surface area contributed by atoms with Gasteiger partial charge in [0.1, 0.15) is 10.8 Å². The van der Waals surface area contributed by atoms with Crippen LogP contribution < -0.4 is 4.74 Å². The number of benzene rings is 1. The highest BCUT2D eigenvalue weighted by Crippen LogP contribution is 2.41. The molecule has 1 aromatic heterocycles. The lowest BCUT2D eigenvalue weighted by Crippen LogP contribution is -2.25. The minimum atomic E-state index is 0.00879. The van der Waals surface area contributed by atoms with Crippen LogP contribution in [0.15, 0.2) is 24.3 Å². The molecule has 0 spiro atoms. The molecule has 0 unspecified atom stereocenters. The largest absolute Gasteiger partial charge is 0.493 e. The lowest BCUT2D eigenvalue weighted by Gasteiger charge is -2.26. The number of para-hydroxylation sites is 1. The third kappa shape index (κ3) is 2.72. The molecule has 0 atom stereocenters. The summed E-state index contributed by atoms with van der Waals surface area (Å²) in [6.07, 6.45) is 1.47. The Morgan fingerprint density at radius 2 is 2.05 bits per heavy atom. The first-order valence-electron chi connectivity index (χ1n) is 7.25. The zero-order chi connectivity index (χ0) is 15.0. The van der Waals surface area contributed by atoms with Gasteiger partial charge >= 0.3 is 0 Å². The summed E-state index contributed by atoms with van der Waals surface area (Å²) in [4.78, 5) is 17.9. The SMILES string of the molecule is CCOc1ccccc1-c1nc2c(s1)C(=O)CC(C)(C)C2. The van der Waals surface area contributed by atoms with Crippen LogP contribution in [0.2, 0.25) is 0 Å². The number of carbonyl (C=O) groups excluding carboxylic acids is 1. The van der Waals surface area contributed by atoms with Crippen LogP contribution in [0.1, 0.15) is 42.6 Å². The van der Waals surface area contributed by atoms with Crippen LogP contribution in [0.3, 0.4) is 0 Å². The molecule has 4 heteroatoms. The molecule has 1 aliphatic carbocycles. The second-order valence-electron chi connectivity index (χ2n) is 6.16. The predicted octanol–water partition coefficient (Wildman–Crippen LogP) is 4.36. The zero-order valence-electron chi connectivity index (χ0n) is 12.6. The zero-order valence-corrected chi connectivity index (χ0v) is 13.4. The molecule has 1 aliphatic rings. The van der Waals surface area contributed by atoms with Crippen molar-refractivity contribution < 1.29 is 9.53 Å². The Kier molecular flexibility index (Phi) is 3.57. The fourth-order valence-electron chi connectivity index (χ4n) is 2.76. The van der Waals surface area contributed by atoms with Gasteiger partial charge in [0.25, 0.3) is 0 Å². The van der Waals surface area contributed by atoms with Gasteiger partial charge in [-0.2, -0.15) is 0 Å². The Morgan fingerprint density at radius 1 is 1.29 bits per heavy atom. The number of rotatable bonds is 3. The van der Waals surface area contributed by atoms with E-state index in [1.54, 1.807) is 0 Å². The van der Waals surface area contributed by atoms with Gasteiger partial charge in [-0.25, -0.2) is 4.98 Å². The highest BCUT2D eigenvalue weighted by molar-refractivity contribution is 7.17. The minimum Gasteiger partial charge on any atom is -0.493 e. The fourth-order valence-corrected chi connectivity index (χ4v) is 3.81. The Balaban J connectivity index is 2.05. The Morgan fingerprint density at radius 3 is 2.81 bits per heavy atom. The number of Topliss-reactive ketones (excluding diaryl/α,β-unsaturated/α-hetero) is 1. The predicted molar refractivity (Wildman–Crippen MR) is 85.2 cm³/mol. The van der Waals surface area contributed by atoms with Gasteiger partial charge in [0, 0.05) is 6.42 Å². The first-order valence-corrected chi connectivity index (χ1v) is 8.07. The van der Waals surface area contributed by atoms with E-state index in [-0.39, 0.29) is 11.2 Å². The van der Waals surface area contributed by atoms with Crippen molar-refractivity contribution in [3.8, 4) is 16.3 Å². The Labute approximate surface area is 129 Å². The standard InChI is InChI=1S/C17H19NO2S/c1-4-20-14-8-6-5-7-11(14)16-18-12-9-17(2,3)10-13(19)15(12)21-16/h5-8H,4,9-10H2,1-3H3. The summed E-state index contributed by atoms with van der Waals surface area (Å²) in [5.41, 5.74) is 1.93. The molecule has 2 aromatic rings. The summed E-state index contributed by atoms with van der Waals surface area (Å²) < 4.78 is 5.67. The number of ether oxygens (including phenoxy) is 1. The molecule has 21 heavy (non-hydrogen) atoms. The summed E-state index contributed by atoms with van der Waals surface area (Å²) in [5.74, 6) is 1.05. The van der Waals surface area contributed by atoms with Crippen molar-refractivity contribution in [2.45, 2.75) is 33.6 Å². The van der Waals surface area contributed by atoms with E-state index in [4.69, 9.17) is 9.72 Å². The van der Waals surface area contributed by atoms with Crippen LogP contribution in [0, 0.1) is 5.41 Å². The third-order valence-electron chi connectivity index (χ3n) is 3.65. The van der Waals surface area contributed by atoms with Crippen molar-refractivity contribution in [2.24, 2.45) is 5.41 Å². The Bertz CT molecular complexity index is 688. The molecule has 3 rings (SSSR count). The molecule has 110 valence electrons. The molecule has 0 radical (unpaired) electrons. The molecule has 1 heterocycles. The highest BCUT2D eigenvalue weighted by Gasteiger charge is 2.34. The van der Waals surface area contributed by atoms with Gasteiger partial charge in [0.2, 0.25) is 0 Å². The fraction of sp³-hybridized carbons (Fsp3) is 0.412. The molecule has 0 N–H and O–H groups in total. The summed E-state index contributed by atoms with van der Waals surface area (Å²) >= 11 is 1.50. The van der Waals surface area contributed by atoms with E-state index in [1.165, 1.54) is 11.3 Å². The van der Waals surface area contributed by atoms with Crippen LogP contribution in [0.25, 0.3) is 10.6 Å². The number of thiazole rings is 1. The minimum absolute atomic E-state index is 0.00879. The number of aromatic nitrogens is 1. The molecule has 0 amide bonds. The second-order valence-corrected chi connectivity index (χ2v) is 7.16. The van der Waals surface area contributed by atoms with Crippen molar-refractivity contribution in [1.82, 2.24) is 4.98 Å². The van der Waals surface area contributed by atoms with Crippen molar-refractivity contribution >= 4 is 17.1 Å². The van der Waals surface area contributed by atoms with Crippen LogP contribution in [-0.2, 0) is 6.42 Å². The van der Waals surface area contributed by atoms with Crippen LogP contribution in [-0.4, -0.2) is 17.4 Å². The van der Waals surface area contributed by atoms with Gasteiger partial charge in [0.05, 0.1) is 22.7 Å². The van der Waals surface area contributed by atoms with Crippen molar-refractivity contribution in [2.75, 3.05) is 6.61 Å². The summed E-state index contributed by atoms with van der Waals surface area (Å²) in [7, 11) is 0. The van der Waals surface area contributed by atoms with E-state index in [0.717, 1.165) is 33.3 Å². The van der Waals surface area contributed by atoms with Gasteiger partial charge in [-0.3, -0.25) is 4.79 Å². The maximum Gasteiger partial charge on any atom is 0.175 e. The monoisotopic (exact) mass is 301 g/mol. The molecule has 1 aromatic carbocycles. The van der Waals surface area contributed by atoms with Gasteiger partial charge in [0.15, 0.2) is 5.78 Å². The van der Waals surface area contributed by atoms with E-state index in [1.807, 2.05) is 31.2 Å². The van der Waals surface area contributed by atoms with Gasteiger partial charge < -0.3 is 4.74 Å². The van der Waals surface area contributed by atoms with Gasteiger partial charge in [-0.1, -0.05) is 26.0 Å². The van der Waals surface area contributed by atoms with Gasteiger partial charge in [-0.15, -0.1) is 11.3 Å². The lowest BCUT2D eigenvalue weighted by molar-refractivity contribution is 0.0916. The summed E-state index contributed by atoms with van der Waals surface area (Å²) in [5, 5.41) is 0.884. The van der Waals surface area contributed by atoms with Crippen LogP contribution in [0.5, 0.6) is 5.75 Å². The molecule has 0 saturated carbocycles. The highest BCUT2D eigenvalue weighted by atomic mass is 32.1. The van der Waals surface area contributed by atoms with Crippen molar-refractivity contribution in [3.05, 3.63) is 34.8 Å². The maximum atomic E-state index is 12.3. The second kappa shape index (κ2) is 5.26. The van der Waals surface area contributed by atoms with Crippen molar-refractivity contribution in [3.63, 3.8) is 0 Å². The van der Waals surface area contributed by atoms with Crippen LogP contribution >= 0.6 is 11.3 Å². The first-order chi connectivity index (χ1) is 10.00. The van der Waals surface area contributed by atoms with E-state index in [2.05, 4.69) is 13.8 Å². The smallest absolute Gasteiger partial charge is 0.175 e. The topological polar surface area (TPSA) is 39.2 Å². The van der Waals surface area contributed by atoms with E-state index in [9.17, 15) is 4.79 Å². The molecular weight excluding hydrogens is 282 g/mol. The molecule has 0 saturated heterocycles. The number of hydrogen-bond donors (Lipinski definition) is 0. The lowest BCUT2D eigenvalue weighted by atomic mass is 9.78. The van der Waals surface area contributed by atoms with E-state index < -0.39 is 0 Å². The number of ketones is 1.